The summed E-state index contributed by atoms with van der Waals surface area (Å²) in [7, 11) is 1.49. The maximum atomic E-state index is 9.48. The average molecular weight is 193 g/mol. The number of methoxy groups -OCH3 is 1. The molecule has 1 heterocycles. The number of aliphatic hydroxyl groups excluding tert-OH is 1. The molecule has 0 saturated heterocycles. The van der Waals surface area contributed by atoms with Gasteiger partial charge < -0.3 is 14.3 Å². The van der Waals surface area contributed by atoms with Crippen molar-refractivity contribution in [2.24, 2.45) is 0 Å². The number of oxazole rings is 1. The fraction of sp³-hybridized carbons (Fsp3) is 0.300. The van der Waals surface area contributed by atoms with Crippen LogP contribution in [0, 0.1) is 0 Å². The summed E-state index contributed by atoms with van der Waals surface area (Å²) in [5.41, 5.74) is 2.02. The molecule has 14 heavy (non-hydrogen) atoms. The first-order valence-corrected chi connectivity index (χ1v) is 4.34. The lowest BCUT2D eigenvalue weighted by Gasteiger charge is -2.02. The highest BCUT2D eigenvalue weighted by Crippen LogP contribution is 2.26. The van der Waals surface area contributed by atoms with E-state index >= 15 is 0 Å². The first-order valence-electron chi connectivity index (χ1n) is 4.34. The van der Waals surface area contributed by atoms with E-state index in [4.69, 9.17) is 9.15 Å². The number of nitrogens with zero attached hydrogens (tertiary/aromatic N) is 1. The van der Waals surface area contributed by atoms with Gasteiger partial charge in [-0.25, -0.2) is 0 Å². The number of aliphatic hydroxyl groups is 1. The quantitative estimate of drug-likeness (QED) is 0.791. The van der Waals surface area contributed by atoms with Crippen LogP contribution in [0.1, 0.15) is 18.6 Å². The fourth-order valence-corrected chi connectivity index (χ4v) is 1.37. The van der Waals surface area contributed by atoms with Gasteiger partial charge in [0.25, 0.3) is 0 Å². The van der Waals surface area contributed by atoms with E-state index in [2.05, 4.69) is 4.98 Å². The third-order valence-electron chi connectivity index (χ3n) is 2.06. The zero-order valence-electron chi connectivity index (χ0n) is 8.02. The summed E-state index contributed by atoms with van der Waals surface area (Å²) >= 11 is 0. The highest BCUT2D eigenvalue weighted by Gasteiger charge is 2.12. The molecule has 0 spiro atoms. The molecule has 4 heteroatoms. The first kappa shape index (κ1) is 9.02. The molecule has 1 atom stereocenters. The Morgan fingerprint density at radius 1 is 1.50 bits per heavy atom. The van der Waals surface area contributed by atoms with E-state index in [1.165, 1.54) is 7.11 Å². The second-order valence-corrected chi connectivity index (χ2v) is 3.05. The topological polar surface area (TPSA) is 55.5 Å². The lowest BCUT2D eigenvalue weighted by atomic mass is 10.1. The van der Waals surface area contributed by atoms with Gasteiger partial charge in [0.1, 0.15) is 5.52 Å². The van der Waals surface area contributed by atoms with Crippen molar-refractivity contribution in [2.75, 3.05) is 7.11 Å². The summed E-state index contributed by atoms with van der Waals surface area (Å²) in [5.74, 6) is 0. The van der Waals surface area contributed by atoms with Crippen LogP contribution in [0.4, 0.5) is 0 Å². The van der Waals surface area contributed by atoms with Crippen molar-refractivity contribution in [3.63, 3.8) is 0 Å². The van der Waals surface area contributed by atoms with Crippen molar-refractivity contribution in [3.05, 3.63) is 23.8 Å². The Hall–Kier alpha value is -1.55. The van der Waals surface area contributed by atoms with Gasteiger partial charge in [-0.2, -0.15) is 4.98 Å². The van der Waals surface area contributed by atoms with Crippen LogP contribution in [-0.4, -0.2) is 17.2 Å². The Morgan fingerprint density at radius 2 is 2.29 bits per heavy atom. The highest BCUT2D eigenvalue weighted by molar-refractivity contribution is 5.77. The molecular weight excluding hydrogens is 182 g/mol. The molecule has 0 radical (unpaired) electrons. The third kappa shape index (κ3) is 1.33. The molecule has 0 aliphatic heterocycles. The Balaban J connectivity index is 2.66. The molecule has 1 N–H and O–H groups in total. The van der Waals surface area contributed by atoms with Crippen LogP contribution in [0.15, 0.2) is 22.6 Å². The number of hydrogen-bond donors (Lipinski definition) is 1. The van der Waals surface area contributed by atoms with Gasteiger partial charge in [-0.05, 0) is 13.0 Å². The van der Waals surface area contributed by atoms with E-state index in [0.29, 0.717) is 11.1 Å². The van der Waals surface area contributed by atoms with Gasteiger partial charge in [0.15, 0.2) is 5.58 Å². The van der Waals surface area contributed by atoms with Crippen molar-refractivity contribution in [2.45, 2.75) is 13.0 Å². The Bertz CT molecular complexity index is 448. The molecule has 74 valence electrons. The lowest BCUT2D eigenvalue weighted by molar-refractivity contribution is 0.200. The van der Waals surface area contributed by atoms with Gasteiger partial charge in [0, 0.05) is 5.56 Å². The molecule has 0 fully saturated rings. The van der Waals surface area contributed by atoms with Crippen LogP contribution in [0.3, 0.4) is 0 Å². The zero-order valence-corrected chi connectivity index (χ0v) is 8.02. The standard InChI is InChI=1S/C10H11NO3/c1-6(12)7-4-3-5-8-9(7)11-10(13-2)14-8/h3-6,12H,1-2H3. The molecule has 2 aromatic rings. The Labute approximate surface area is 81.1 Å². The number of ether oxygens (including phenoxy) is 1. The number of fused-ring (bicyclic) bond motifs is 1. The predicted octanol–water partition coefficient (Wildman–Crippen LogP) is 1.89. The summed E-state index contributed by atoms with van der Waals surface area (Å²) in [4.78, 5) is 4.10. The summed E-state index contributed by atoms with van der Waals surface area (Å²) in [6.07, 6.45) is -0.346. The molecule has 0 aliphatic rings. The SMILES string of the molecule is COc1nc2c(C(C)O)cccc2o1. The van der Waals surface area contributed by atoms with Gasteiger partial charge >= 0.3 is 6.08 Å². The van der Waals surface area contributed by atoms with Crippen molar-refractivity contribution >= 4 is 11.1 Å². The van der Waals surface area contributed by atoms with E-state index in [0.717, 1.165) is 5.56 Å². The number of aromatic nitrogens is 1. The number of hydrogen-bond acceptors (Lipinski definition) is 4. The van der Waals surface area contributed by atoms with Gasteiger partial charge in [0.05, 0.1) is 13.2 Å². The third-order valence-corrected chi connectivity index (χ3v) is 2.06. The summed E-state index contributed by atoms with van der Waals surface area (Å²) < 4.78 is 10.1. The minimum Gasteiger partial charge on any atom is -0.453 e. The van der Waals surface area contributed by atoms with E-state index in [1.54, 1.807) is 13.0 Å². The molecule has 0 bridgehead atoms. The molecule has 0 amide bonds. The second-order valence-electron chi connectivity index (χ2n) is 3.05. The average Bonchev–Trinajstić information content (AvgIpc) is 2.59. The van der Waals surface area contributed by atoms with E-state index < -0.39 is 6.10 Å². The molecule has 4 nitrogen and oxygen atoms in total. The predicted molar refractivity (Wildman–Crippen MR) is 51.2 cm³/mol. The molecule has 1 aromatic heterocycles. The normalized spacial score (nSPS) is 13.1. The molecule has 1 aromatic carbocycles. The first-order chi connectivity index (χ1) is 6.72. The molecular formula is C10H11NO3. The fourth-order valence-electron chi connectivity index (χ4n) is 1.37. The summed E-state index contributed by atoms with van der Waals surface area (Å²) in [5, 5.41) is 9.48. The van der Waals surface area contributed by atoms with Crippen molar-refractivity contribution in [1.29, 1.82) is 0 Å². The van der Waals surface area contributed by atoms with E-state index in [-0.39, 0.29) is 6.08 Å². The zero-order chi connectivity index (χ0) is 10.1. The van der Waals surface area contributed by atoms with Crippen LogP contribution < -0.4 is 4.74 Å². The van der Waals surface area contributed by atoms with Crippen LogP contribution in [0.25, 0.3) is 11.1 Å². The summed E-state index contributed by atoms with van der Waals surface area (Å²) in [6, 6.07) is 5.42. The number of para-hydroxylation sites is 1. The molecule has 0 saturated carbocycles. The summed E-state index contributed by atoms with van der Waals surface area (Å²) in [6.45, 7) is 1.69. The van der Waals surface area contributed by atoms with Crippen molar-refractivity contribution in [1.82, 2.24) is 4.98 Å². The molecule has 2 rings (SSSR count). The van der Waals surface area contributed by atoms with Crippen LogP contribution in [0.2, 0.25) is 0 Å². The van der Waals surface area contributed by atoms with Gasteiger partial charge in [-0.3, -0.25) is 0 Å². The molecule has 1 unspecified atom stereocenters. The smallest absolute Gasteiger partial charge is 0.394 e. The Morgan fingerprint density at radius 3 is 2.93 bits per heavy atom. The van der Waals surface area contributed by atoms with Gasteiger partial charge in [-0.15, -0.1) is 0 Å². The van der Waals surface area contributed by atoms with Gasteiger partial charge in [-0.1, -0.05) is 12.1 Å². The maximum absolute atomic E-state index is 9.48. The molecule has 0 aliphatic carbocycles. The van der Waals surface area contributed by atoms with E-state index in [9.17, 15) is 5.11 Å². The number of rotatable bonds is 2. The highest BCUT2D eigenvalue weighted by atomic mass is 16.6. The monoisotopic (exact) mass is 193 g/mol. The van der Waals surface area contributed by atoms with Crippen LogP contribution >= 0.6 is 0 Å². The number of benzene rings is 1. The van der Waals surface area contributed by atoms with Crippen LogP contribution in [-0.2, 0) is 0 Å². The second kappa shape index (κ2) is 3.31. The van der Waals surface area contributed by atoms with Crippen molar-refractivity contribution in [3.8, 4) is 6.08 Å². The van der Waals surface area contributed by atoms with Crippen molar-refractivity contribution < 1.29 is 14.3 Å². The Kier molecular flexibility index (Phi) is 2.13. The minimum atomic E-state index is -0.562. The largest absolute Gasteiger partial charge is 0.453 e. The van der Waals surface area contributed by atoms with Crippen LogP contribution in [0.5, 0.6) is 6.08 Å². The minimum absolute atomic E-state index is 0.216. The lowest BCUT2D eigenvalue weighted by Crippen LogP contribution is -1.91. The maximum Gasteiger partial charge on any atom is 0.394 e. The van der Waals surface area contributed by atoms with Gasteiger partial charge in [0.2, 0.25) is 0 Å². The van der Waals surface area contributed by atoms with E-state index in [1.807, 2.05) is 12.1 Å².